The van der Waals surface area contributed by atoms with Crippen molar-refractivity contribution in [2.24, 2.45) is 5.92 Å². The highest BCUT2D eigenvalue weighted by Gasteiger charge is 2.44. The molecule has 1 atom stereocenters. The lowest BCUT2D eigenvalue weighted by atomic mass is 9.61. The van der Waals surface area contributed by atoms with E-state index in [9.17, 15) is 0 Å². The molecule has 0 saturated heterocycles. The molecule has 2 aliphatic rings. The van der Waals surface area contributed by atoms with Gasteiger partial charge < -0.3 is 5.32 Å². The standard InChI is InChI=1S/C20H31N/c1-2-21-19(17-11-7-8-12-17)20(15-9-4-10-16-20)18-13-5-3-6-14-18/h3,5-6,13-14,17,19,21H,2,4,7-12,15-16H2,1H3. The quantitative estimate of drug-likeness (QED) is 0.797. The summed E-state index contributed by atoms with van der Waals surface area (Å²) in [6.07, 6.45) is 12.8. The number of hydrogen-bond donors (Lipinski definition) is 1. The van der Waals surface area contributed by atoms with Crippen molar-refractivity contribution in [2.45, 2.75) is 76.2 Å². The largest absolute Gasteiger partial charge is 0.313 e. The zero-order chi connectivity index (χ0) is 14.5. The van der Waals surface area contributed by atoms with Gasteiger partial charge in [0.1, 0.15) is 0 Å². The van der Waals surface area contributed by atoms with Crippen LogP contribution in [0, 0.1) is 5.92 Å². The van der Waals surface area contributed by atoms with E-state index < -0.39 is 0 Å². The second-order valence-electron chi connectivity index (χ2n) is 7.16. The molecule has 2 aliphatic carbocycles. The van der Waals surface area contributed by atoms with E-state index in [1.165, 1.54) is 57.8 Å². The summed E-state index contributed by atoms with van der Waals surface area (Å²) >= 11 is 0. The lowest BCUT2D eigenvalue weighted by Gasteiger charge is -2.47. The Morgan fingerprint density at radius 3 is 2.29 bits per heavy atom. The molecule has 1 aromatic carbocycles. The first-order chi connectivity index (χ1) is 10.4. The average molecular weight is 285 g/mol. The predicted molar refractivity (Wildman–Crippen MR) is 90.6 cm³/mol. The molecule has 0 aliphatic heterocycles. The van der Waals surface area contributed by atoms with E-state index in [2.05, 4.69) is 42.6 Å². The third-order valence-corrected chi connectivity index (χ3v) is 5.99. The van der Waals surface area contributed by atoms with Crippen LogP contribution in [-0.2, 0) is 5.41 Å². The minimum atomic E-state index is 0.393. The lowest BCUT2D eigenvalue weighted by molar-refractivity contribution is 0.163. The molecule has 2 saturated carbocycles. The van der Waals surface area contributed by atoms with Gasteiger partial charge in [-0.15, -0.1) is 0 Å². The van der Waals surface area contributed by atoms with Gasteiger partial charge in [-0.05, 0) is 43.7 Å². The molecule has 0 heterocycles. The van der Waals surface area contributed by atoms with Gasteiger partial charge in [0.2, 0.25) is 0 Å². The molecule has 1 N–H and O–H groups in total. The van der Waals surface area contributed by atoms with Crippen molar-refractivity contribution in [1.82, 2.24) is 5.32 Å². The molecule has 21 heavy (non-hydrogen) atoms. The van der Waals surface area contributed by atoms with Gasteiger partial charge in [-0.1, -0.05) is 69.4 Å². The maximum Gasteiger partial charge on any atom is 0.0192 e. The molecular weight excluding hydrogens is 254 g/mol. The van der Waals surface area contributed by atoms with Crippen molar-refractivity contribution in [3.05, 3.63) is 35.9 Å². The second-order valence-corrected chi connectivity index (χ2v) is 7.16. The number of nitrogens with one attached hydrogen (secondary N) is 1. The molecule has 3 rings (SSSR count). The van der Waals surface area contributed by atoms with Crippen LogP contribution in [0.5, 0.6) is 0 Å². The molecule has 0 radical (unpaired) electrons. The summed E-state index contributed by atoms with van der Waals surface area (Å²) in [6, 6.07) is 12.1. The molecule has 0 amide bonds. The summed E-state index contributed by atoms with van der Waals surface area (Å²) in [5.74, 6) is 0.892. The van der Waals surface area contributed by atoms with Crippen LogP contribution in [0.3, 0.4) is 0 Å². The lowest BCUT2D eigenvalue weighted by Crippen LogP contribution is -2.53. The van der Waals surface area contributed by atoms with E-state index in [1.54, 1.807) is 5.56 Å². The fraction of sp³-hybridized carbons (Fsp3) is 0.700. The maximum absolute atomic E-state index is 3.93. The number of rotatable bonds is 5. The molecule has 2 fully saturated rings. The maximum atomic E-state index is 3.93. The Morgan fingerprint density at radius 1 is 1.00 bits per heavy atom. The van der Waals surface area contributed by atoms with Crippen molar-refractivity contribution < 1.29 is 0 Å². The van der Waals surface area contributed by atoms with Crippen molar-refractivity contribution in [2.75, 3.05) is 6.54 Å². The van der Waals surface area contributed by atoms with Crippen LogP contribution >= 0.6 is 0 Å². The van der Waals surface area contributed by atoms with Crippen molar-refractivity contribution in [3.63, 3.8) is 0 Å². The monoisotopic (exact) mass is 285 g/mol. The first kappa shape index (κ1) is 15.1. The molecule has 0 bridgehead atoms. The molecule has 1 aromatic rings. The zero-order valence-corrected chi connectivity index (χ0v) is 13.6. The van der Waals surface area contributed by atoms with Crippen LogP contribution in [0.2, 0.25) is 0 Å². The predicted octanol–water partition coefficient (Wildman–Crippen LogP) is 5.06. The van der Waals surface area contributed by atoms with Crippen molar-refractivity contribution >= 4 is 0 Å². The van der Waals surface area contributed by atoms with E-state index in [0.717, 1.165) is 12.5 Å². The second kappa shape index (κ2) is 6.96. The van der Waals surface area contributed by atoms with Gasteiger partial charge in [-0.25, -0.2) is 0 Å². The summed E-state index contributed by atoms with van der Waals surface area (Å²) in [4.78, 5) is 0. The highest BCUT2D eigenvalue weighted by atomic mass is 14.9. The first-order valence-corrected chi connectivity index (χ1v) is 9.16. The SMILES string of the molecule is CCNC(C1CCCC1)C1(c2ccccc2)CCCCC1. The van der Waals surface area contributed by atoms with Gasteiger partial charge in [-0.3, -0.25) is 0 Å². The van der Waals surface area contributed by atoms with E-state index in [-0.39, 0.29) is 0 Å². The highest BCUT2D eigenvalue weighted by molar-refractivity contribution is 5.29. The fourth-order valence-electron chi connectivity index (χ4n) is 5.06. The Hall–Kier alpha value is -0.820. The van der Waals surface area contributed by atoms with Gasteiger partial charge >= 0.3 is 0 Å². The first-order valence-electron chi connectivity index (χ1n) is 9.16. The van der Waals surface area contributed by atoms with E-state index in [1.807, 2.05) is 0 Å². The molecular formula is C20H31N. The van der Waals surface area contributed by atoms with Gasteiger partial charge in [0.25, 0.3) is 0 Å². The van der Waals surface area contributed by atoms with E-state index in [4.69, 9.17) is 0 Å². The van der Waals surface area contributed by atoms with E-state index >= 15 is 0 Å². The highest BCUT2D eigenvalue weighted by Crippen LogP contribution is 2.47. The van der Waals surface area contributed by atoms with Crippen LogP contribution in [-0.4, -0.2) is 12.6 Å². The number of hydrogen-bond acceptors (Lipinski definition) is 1. The van der Waals surface area contributed by atoms with Crippen molar-refractivity contribution in [1.29, 1.82) is 0 Å². The Morgan fingerprint density at radius 2 is 1.67 bits per heavy atom. The molecule has 1 heteroatoms. The third kappa shape index (κ3) is 3.04. The zero-order valence-electron chi connectivity index (χ0n) is 13.6. The number of likely N-dealkylation sites (N-methyl/N-ethyl adjacent to an activating group) is 1. The van der Waals surface area contributed by atoms with Gasteiger partial charge in [0, 0.05) is 11.5 Å². The van der Waals surface area contributed by atoms with Crippen LogP contribution < -0.4 is 5.32 Å². The molecule has 1 unspecified atom stereocenters. The van der Waals surface area contributed by atoms with Gasteiger partial charge in [0.05, 0.1) is 0 Å². The Bertz CT molecular complexity index is 413. The summed E-state index contributed by atoms with van der Waals surface area (Å²) in [7, 11) is 0. The van der Waals surface area contributed by atoms with Gasteiger partial charge in [-0.2, -0.15) is 0 Å². The normalized spacial score (nSPS) is 24.0. The molecule has 0 spiro atoms. The summed E-state index contributed by atoms with van der Waals surface area (Å²) in [6.45, 7) is 3.39. The minimum absolute atomic E-state index is 0.393. The van der Waals surface area contributed by atoms with Crippen LogP contribution in [0.4, 0.5) is 0 Å². The van der Waals surface area contributed by atoms with Crippen LogP contribution in [0.25, 0.3) is 0 Å². The smallest absolute Gasteiger partial charge is 0.0192 e. The Kier molecular flexibility index (Phi) is 5.00. The van der Waals surface area contributed by atoms with Crippen LogP contribution in [0.15, 0.2) is 30.3 Å². The topological polar surface area (TPSA) is 12.0 Å². The Balaban J connectivity index is 1.95. The minimum Gasteiger partial charge on any atom is -0.313 e. The molecule has 0 aromatic heterocycles. The number of benzene rings is 1. The van der Waals surface area contributed by atoms with Gasteiger partial charge in [0.15, 0.2) is 0 Å². The summed E-state index contributed by atoms with van der Waals surface area (Å²) in [5.41, 5.74) is 1.99. The molecule has 1 nitrogen and oxygen atoms in total. The summed E-state index contributed by atoms with van der Waals surface area (Å²) < 4.78 is 0. The third-order valence-electron chi connectivity index (χ3n) is 5.99. The molecule has 116 valence electrons. The summed E-state index contributed by atoms with van der Waals surface area (Å²) in [5, 5.41) is 3.93. The Labute approximate surface area is 130 Å². The van der Waals surface area contributed by atoms with E-state index in [0.29, 0.717) is 11.5 Å². The fourth-order valence-corrected chi connectivity index (χ4v) is 5.06. The van der Waals surface area contributed by atoms with Crippen molar-refractivity contribution in [3.8, 4) is 0 Å². The average Bonchev–Trinajstić information content (AvgIpc) is 3.08. The van der Waals surface area contributed by atoms with Crippen LogP contribution in [0.1, 0.15) is 70.3 Å².